The average Bonchev–Trinajstić information content (AvgIpc) is 3.06. The van der Waals surface area contributed by atoms with Gasteiger partial charge in [-0.25, -0.2) is 13.2 Å². The molecule has 4 nitrogen and oxygen atoms in total. The normalized spacial score (nSPS) is 20.8. The van der Waals surface area contributed by atoms with Crippen LogP contribution < -0.4 is 10.1 Å². The van der Waals surface area contributed by atoms with Gasteiger partial charge in [0.05, 0.1) is 7.11 Å². The molecule has 8 heteroatoms. The highest BCUT2D eigenvalue weighted by Crippen LogP contribution is 2.51. The highest BCUT2D eigenvalue weighted by Gasteiger charge is 2.64. The summed E-state index contributed by atoms with van der Waals surface area (Å²) in [5.74, 6) is -3.57. The van der Waals surface area contributed by atoms with Gasteiger partial charge >= 0.3 is 5.92 Å². The first-order chi connectivity index (χ1) is 20.3. The number of amidine groups is 1. The molecule has 1 unspecified atom stereocenters. The Morgan fingerprint density at radius 2 is 1.44 bits per heavy atom. The number of ether oxygens (including phenoxy) is 2. The molecule has 224 valence electrons. The second kappa shape index (κ2) is 11.5. The fraction of sp³-hybridized carbons (Fsp3) is 0.286. The Balaban J connectivity index is 1.80. The van der Waals surface area contributed by atoms with Crippen LogP contribution in [0.1, 0.15) is 48.6 Å². The number of benzene rings is 4. The lowest BCUT2D eigenvalue weighted by atomic mass is 9.76. The maximum atomic E-state index is 16.5. The van der Waals surface area contributed by atoms with Crippen LogP contribution in [0.3, 0.4) is 0 Å². The second-order valence-corrected chi connectivity index (χ2v) is 12.4. The lowest BCUT2D eigenvalue weighted by Crippen LogP contribution is -2.56. The maximum absolute atomic E-state index is 16.5. The van der Waals surface area contributed by atoms with Gasteiger partial charge < -0.3 is 14.8 Å². The number of nitrogens with zero attached hydrogens (tertiary/aromatic N) is 1. The molecule has 5 rings (SSSR count). The van der Waals surface area contributed by atoms with E-state index in [1.165, 1.54) is 39.0 Å². The van der Waals surface area contributed by atoms with Crippen LogP contribution in [0, 0.1) is 12.7 Å². The van der Waals surface area contributed by atoms with Crippen molar-refractivity contribution in [2.75, 3.05) is 13.7 Å². The molecule has 0 saturated carbocycles. The molecular weight excluding hydrogens is 617 g/mol. The predicted octanol–water partition coefficient (Wildman–Crippen LogP) is 8.54. The second-order valence-electron chi connectivity index (χ2n) is 11.5. The third kappa shape index (κ3) is 5.36. The van der Waals surface area contributed by atoms with Crippen LogP contribution in [0.4, 0.5) is 13.2 Å². The van der Waals surface area contributed by atoms with Crippen molar-refractivity contribution in [2.24, 2.45) is 4.99 Å². The van der Waals surface area contributed by atoms with Gasteiger partial charge in [0.2, 0.25) is 0 Å². The van der Waals surface area contributed by atoms with Crippen molar-refractivity contribution in [3.63, 3.8) is 0 Å². The van der Waals surface area contributed by atoms with Crippen molar-refractivity contribution in [3.05, 3.63) is 135 Å². The lowest BCUT2D eigenvalue weighted by Gasteiger charge is -2.42. The molecule has 0 spiro atoms. The van der Waals surface area contributed by atoms with E-state index in [2.05, 4.69) is 26.2 Å². The van der Waals surface area contributed by atoms with Gasteiger partial charge in [-0.05, 0) is 74.7 Å². The molecule has 0 saturated heterocycles. The van der Waals surface area contributed by atoms with E-state index in [1.807, 2.05) is 85.8 Å². The quantitative estimate of drug-likeness (QED) is 0.213. The van der Waals surface area contributed by atoms with Gasteiger partial charge in [-0.15, -0.1) is 0 Å². The molecule has 0 aliphatic carbocycles. The molecule has 0 radical (unpaired) electrons. The first kappa shape index (κ1) is 30.8. The van der Waals surface area contributed by atoms with Crippen LogP contribution in [0.25, 0.3) is 0 Å². The topological polar surface area (TPSA) is 42.8 Å². The molecule has 4 aromatic carbocycles. The molecule has 1 N–H and O–H groups in total. The summed E-state index contributed by atoms with van der Waals surface area (Å²) in [6.07, 6.45) is 0. The number of hydrogen-bond donors (Lipinski definition) is 1. The third-order valence-electron chi connectivity index (χ3n) is 8.29. The third-order valence-corrected chi connectivity index (χ3v) is 8.79. The van der Waals surface area contributed by atoms with Crippen molar-refractivity contribution in [3.8, 4) is 5.75 Å². The molecule has 0 aromatic heterocycles. The van der Waals surface area contributed by atoms with Gasteiger partial charge in [0.25, 0.3) is 0 Å². The van der Waals surface area contributed by atoms with E-state index in [0.717, 1.165) is 22.3 Å². The van der Waals surface area contributed by atoms with Crippen LogP contribution in [-0.4, -0.2) is 31.1 Å². The molecule has 1 heterocycles. The number of aryl methyl sites for hydroxylation is 1. The summed E-state index contributed by atoms with van der Waals surface area (Å²) in [6, 6.07) is 29.3. The van der Waals surface area contributed by atoms with Crippen molar-refractivity contribution in [2.45, 2.75) is 50.3 Å². The zero-order valence-electron chi connectivity index (χ0n) is 24.7. The molecule has 0 amide bonds. The zero-order valence-corrected chi connectivity index (χ0v) is 26.3. The average molecular weight is 652 g/mol. The molecule has 4 aromatic rings. The number of alkyl halides is 2. The van der Waals surface area contributed by atoms with Gasteiger partial charge in [0.15, 0.2) is 5.54 Å². The van der Waals surface area contributed by atoms with Crippen molar-refractivity contribution >= 4 is 21.8 Å². The minimum atomic E-state index is -3.61. The van der Waals surface area contributed by atoms with Crippen LogP contribution in [-0.2, 0) is 15.8 Å². The summed E-state index contributed by atoms with van der Waals surface area (Å²) in [6.45, 7) is 5.63. The van der Waals surface area contributed by atoms with Crippen molar-refractivity contribution in [1.82, 2.24) is 5.32 Å². The van der Waals surface area contributed by atoms with E-state index in [0.29, 0.717) is 10.2 Å². The Kier molecular flexibility index (Phi) is 8.22. The first-order valence-corrected chi connectivity index (χ1v) is 14.7. The van der Waals surface area contributed by atoms with Gasteiger partial charge in [-0.2, -0.15) is 0 Å². The van der Waals surface area contributed by atoms with Crippen LogP contribution in [0.15, 0.2) is 107 Å². The van der Waals surface area contributed by atoms with E-state index in [-0.39, 0.29) is 18.0 Å². The molecular formula is C35H34BrF3N2O2. The summed E-state index contributed by atoms with van der Waals surface area (Å²) in [7, 11) is 1.60. The van der Waals surface area contributed by atoms with E-state index < -0.39 is 28.4 Å². The number of methoxy groups -OCH3 is 1. The van der Waals surface area contributed by atoms with E-state index >= 15 is 13.2 Å². The van der Waals surface area contributed by atoms with Crippen LogP contribution >= 0.6 is 15.9 Å². The summed E-state index contributed by atoms with van der Waals surface area (Å²) in [4.78, 5) is 4.69. The summed E-state index contributed by atoms with van der Waals surface area (Å²) >= 11 is 3.33. The van der Waals surface area contributed by atoms with E-state index in [9.17, 15) is 0 Å². The lowest BCUT2D eigenvalue weighted by molar-refractivity contribution is -0.214. The largest absolute Gasteiger partial charge is 0.497 e. The van der Waals surface area contributed by atoms with E-state index in [4.69, 9.17) is 9.47 Å². The number of aliphatic imine (C=N–C) groups is 1. The Labute approximate surface area is 259 Å². The number of nitrogens with one attached hydrogen (secondary N) is 1. The molecule has 1 aliphatic rings. The zero-order chi connectivity index (χ0) is 31.0. The predicted molar refractivity (Wildman–Crippen MR) is 167 cm³/mol. The van der Waals surface area contributed by atoms with E-state index in [1.54, 1.807) is 7.11 Å². The molecule has 0 bridgehead atoms. The minimum absolute atomic E-state index is 0.146. The Morgan fingerprint density at radius 3 is 2.05 bits per heavy atom. The summed E-state index contributed by atoms with van der Waals surface area (Å²) in [5, 5.41) is 3.57. The highest BCUT2D eigenvalue weighted by atomic mass is 79.9. The summed E-state index contributed by atoms with van der Waals surface area (Å²) < 4.78 is 60.3. The van der Waals surface area contributed by atoms with Gasteiger partial charge in [0.1, 0.15) is 35.1 Å². The molecule has 43 heavy (non-hydrogen) atoms. The molecule has 1 aliphatic heterocycles. The standard InChI is InChI=1S/C35H34BrF3N2O2/c1-23-11-13-25(14-12-23)34(24-9-7-6-8-10-24,26-15-18-28(42-5)19-16-26)41-31-22-43-32(2,3)35(38,39)33(4,40-31)29-21-27(36)17-20-30(29)37/h6-21H,22H2,1-5H3,(H,40,41)/t33-,34?/m1/s1. The van der Waals surface area contributed by atoms with Crippen LogP contribution in [0.5, 0.6) is 5.75 Å². The first-order valence-electron chi connectivity index (χ1n) is 14.0. The smallest absolute Gasteiger partial charge is 0.304 e. The van der Waals surface area contributed by atoms with Crippen molar-refractivity contribution in [1.29, 1.82) is 0 Å². The fourth-order valence-corrected chi connectivity index (χ4v) is 6.09. The monoisotopic (exact) mass is 650 g/mol. The number of halogens is 4. The van der Waals surface area contributed by atoms with Crippen molar-refractivity contribution < 1.29 is 22.6 Å². The van der Waals surface area contributed by atoms with Gasteiger partial charge in [-0.1, -0.05) is 88.2 Å². The van der Waals surface area contributed by atoms with Crippen LogP contribution in [0.2, 0.25) is 0 Å². The number of rotatable bonds is 6. The number of hydrogen-bond acceptors (Lipinski definition) is 4. The minimum Gasteiger partial charge on any atom is -0.497 e. The molecule has 0 fully saturated rings. The maximum Gasteiger partial charge on any atom is 0.304 e. The Bertz CT molecular complexity index is 1630. The SMILES string of the molecule is COc1ccc(C(NC2=N[C@](C)(c3cc(Br)ccc3F)C(F)(F)C(C)(C)OC2)(c2ccccc2)c2ccc(C)cc2)cc1. The van der Waals surface area contributed by atoms with Gasteiger partial charge in [0, 0.05) is 10.0 Å². The highest BCUT2D eigenvalue weighted by molar-refractivity contribution is 9.10. The summed E-state index contributed by atoms with van der Waals surface area (Å²) in [5.41, 5.74) is -2.06. The van der Waals surface area contributed by atoms with Gasteiger partial charge in [-0.3, -0.25) is 4.99 Å². The Hall–Kier alpha value is -3.62. The molecule has 2 atom stereocenters. The Morgan fingerprint density at radius 1 is 0.860 bits per heavy atom. The fourth-order valence-electron chi connectivity index (χ4n) is 5.73.